The zero-order chi connectivity index (χ0) is 21.2. The first-order valence-corrected chi connectivity index (χ1v) is 10.0. The third kappa shape index (κ3) is 7.09. The smallest absolute Gasteiger partial charge is 0.235 e. The van der Waals surface area contributed by atoms with E-state index in [-0.39, 0.29) is 23.4 Å². The first kappa shape index (κ1) is 22.2. The van der Waals surface area contributed by atoms with Crippen LogP contribution in [-0.2, 0) is 16.1 Å². The van der Waals surface area contributed by atoms with Crippen molar-refractivity contribution in [1.82, 2.24) is 4.90 Å². The van der Waals surface area contributed by atoms with Crippen LogP contribution in [0.5, 0.6) is 0 Å². The molecule has 1 N–H and O–H groups in total. The van der Waals surface area contributed by atoms with Crippen molar-refractivity contribution in [2.75, 3.05) is 17.6 Å². The van der Waals surface area contributed by atoms with E-state index in [1.54, 1.807) is 30.0 Å². The van der Waals surface area contributed by atoms with Gasteiger partial charge < -0.3 is 10.2 Å². The highest BCUT2D eigenvalue weighted by molar-refractivity contribution is 8.01. The van der Waals surface area contributed by atoms with Crippen LogP contribution in [0.3, 0.4) is 0 Å². The van der Waals surface area contributed by atoms with Crippen LogP contribution in [-0.4, -0.2) is 34.3 Å². The van der Waals surface area contributed by atoms with Crippen molar-refractivity contribution in [1.29, 1.82) is 5.26 Å². The summed E-state index contributed by atoms with van der Waals surface area (Å²) in [6.45, 7) is 6.23. The third-order valence-corrected chi connectivity index (χ3v) is 5.19. The monoisotopic (exact) mass is 411 g/mol. The zero-order valence-electron chi connectivity index (χ0n) is 16.1. The molecule has 29 heavy (non-hydrogen) atoms. The molecule has 0 aliphatic rings. The SMILES string of the molecule is C=CCN(Cc1ccc(C#N)cc1)C(=O)C(C)SCC(=O)Nc1ccc(F)cc1. The van der Waals surface area contributed by atoms with E-state index in [1.807, 2.05) is 12.1 Å². The highest BCUT2D eigenvalue weighted by Crippen LogP contribution is 2.17. The first-order valence-electron chi connectivity index (χ1n) is 8.98. The summed E-state index contributed by atoms with van der Waals surface area (Å²) in [7, 11) is 0. The van der Waals surface area contributed by atoms with Gasteiger partial charge in [-0.2, -0.15) is 5.26 Å². The number of nitriles is 1. The highest BCUT2D eigenvalue weighted by atomic mass is 32.2. The highest BCUT2D eigenvalue weighted by Gasteiger charge is 2.21. The number of anilines is 1. The van der Waals surface area contributed by atoms with Crippen LogP contribution < -0.4 is 5.32 Å². The van der Waals surface area contributed by atoms with Gasteiger partial charge in [-0.05, 0) is 48.9 Å². The zero-order valence-corrected chi connectivity index (χ0v) is 16.9. The van der Waals surface area contributed by atoms with Gasteiger partial charge in [0.1, 0.15) is 5.82 Å². The second-order valence-corrected chi connectivity index (χ2v) is 7.65. The van der Waals surface area contributed by atoms with Crippen molar-refractivity contribution < 1.29 is 14.0 Å². The van der Waals surface area contributed by atoms with Crippen LogP contribution in [0, 0.1) is 17.1 Å². The number of amides is 2. The fourth-order valence-electron chi connectivity index (χ4n) is 2.55. The molecule has 0 saturated heterocycles. The molecule has 0 radical (unpaired) electrons. The molecule has 0 fully saturated rings. The van der Waals surface area contributed by atoms with Crippen LogP contribution in [0.1, 0.15) is 18.1 Å². The normalized spacial score (nSPS) is 11.2. The van der Waals surface area contributed by atoms with E-state index in [9.17, 15) is 14.0 Å². The van der Waals surface area contributed by atoms with Crippen molar-refractivity contribution in [2.45, 2.75) is 18.7 Å². The van der Waals surface area contributed by atoms with Crippen LogP contribution in [0.4, 0.5) is 10.1 Å². The predicted molar refractivity (Wildman–Crippen MR) is 114 cm³/mol. The lowest BCUT2D eigenvalue weighted by molar-refractivity contribution is -0.130. The van der Waals surface area contributed by atoms with Crippen molar-refractivity contribution in [3.63, 3.8) is 0 Å². The number of nitrogens with one attached hydrogen (secondary N) is 1. The molecule has 7 heteroatoms. The summed E-state index contributed by atoms with van der Waals surface area (Å²) < 4.78 is 12.9. The Bertz CT molecular complexity index is 892. The molecule has 1 atom stereocenters. The molecule has 2 aromatic carbocycles. The first-order chi connectivity index (χ1) is 13.9. The third-order valence-electron chi connectivity index (χ3n) is 4.06. The number of nitrogens with zero attached hydrogens (tertiary/aromatic N) is 2. The Balaban J connectivity index is 1.90. The van der Waals surface area contributed by atoms with Gasteiger partial charge in [-0.15, -0.1) is 18.3 Å². The maximum absolute atomic E-state index is 12.9. The Morgan fingerprint density at radius 3 is 2.48 bits per heavy atom. The van der Waals surface area contributed by atoms with Crippen molar-refractivity contribution in [3.05, 3.63) is 78.1 Å². The van der Waals surface area contributed by atoms with Crippen molar-refractivity contribution in [3.8, 4) is 6.07 Å². The molecule has 0 heterocycles. The van der Waals surface area contributed by atoms with E-state index >= 15 is 0 Å². The molecule has 2 rings (SSSR count). The number of thioether (sulfide) groups is 1. The Kier molecular flexibility index (Phi) is 8.44. The Hall–Kier alpha value is -3.11. The fourth-order valence-corrected chi connectivity index (χ4v) is 3.32. The Labute approximate surface area is 174 Å². The van der Waals surface area contributed by atoms with Crippen molar-refractivity contribution >= 4 is 29.3 Å². The lowest BCUT2D eigenvalue weighted by Gasteiger charge is -2.24. The van der Waals surface area contributed by atoms with E-state index in [0.717, 1.165) is 5.56 Å². The van der Waals surface area contributed by atoms with Gasteiger partial charge in [-0.1, -0.05) is 18.2 Å². The van der Waals surface area contributed by atoms with E-state index in [2.05, 4.69) is 18.0 Å². The molecule has 2 aromatic rings. The van der Waals surface area contributed by atoms with Gasteiger partial charge in [0.2, 0.25) is 11.8 Å². The van der Waals surface area contributed by atoms with Crippen LogP contribution in [0.2, 0.25) is 0 Å². The molecule has 0 spiro atoms. The Morgan fingerprint density at radius 2 is 1.90 bits per heavy atom. The average molecular weight is 412 g/mol. The molecule has 0 bridgehead atoms. The second kappa shape index (κ2) is 11.0. The number of hydrogen-bond acceptors (Lipinski definition) is 4. The quantitative estimate of drug-likeness (QED) is 0.634. The summed E-state index contributed by atoms with van der Waals surface area (Å²) in [5, 5.41) is 11.1. The molecule has 0 aliphatic heterocycles. The molecular weight excluding hydrogens is 389 g/mol. The minimum absolute atomic E-state index is 0.100. The second-order valence-electron chi connectivity index (χ2n) is 6.32. The number of carbonyl (C=O) groups is 2. The average Bonchev–Trinajstić information content (AvgIpc) is 2.73. The lowest BCUT2D eigenvalue weighted by Crippen LogP contribution is -2.36. The van der Waals surface area contributed by atoms with Crippen LogP contribution in [0.15, 0.2) is 61.2 Å². The lowest BCUT2D eigenvalue weighted by atomic mass is 10.1. The summed E-state index contributed by atoms with van der Waals surface area (Å²) in [4.78, 5) is 26.5. The molecular formula is C22H22FN3O2S. The maximum atomic E-state index is 12.9. The van der Waals surface area contributed by atoms with E-state index in [0.29, 0.717) is 24.3 Å². The summed E-state index contributed by atoms with van der Waals surface area (Å²) >= 11 is 1.23. The van der Waals surface area contributed by atoms with E-state index in [4.69, 9.17) is 5.26 Å². The number of halogens is 1. The topological polar surface area (TPSA) is 73.2 Å². The largest absolute Gasteiger partial charge is 0.334 e. The summed E-state index contributed by atoms with van der Waals surface area (Å²) in [5.41, 5.74) is 1.97. The van der Waals surface area contributed by atoms with Gasteiger partial charge in [0.05, 0.1) is 22.6 Å². The summed E-state index contributed by atoms with van der Waals surface area (Å²) in [6, 6.07) is 14.6. The van der Waals surface area contributed by atoms with Crippen molar-refractivity contribution in [2.24, 2.45) is 0 Å². The molecule has 0 aliphatic carbocycles. The molecule has 2 amide bonds. The fraction of sp³-hybridized carbons (Fsp3) is 0.227. The summed E-state index contributed by atoms with van der Waals surface area (Å²) in [6.07, 6.45) is 1.65. The molecule has 150 valence electrons. The van der Waals surface area contributed by atoms with Gasteiger partial charge >= 0.3 is 0 Å². The van der Waals surface area contributed by atoms with E-state index < -0.39 is 5.25 Å². The van der Waals surface area contributed by atoms with Crippen LogP contribution >= 0.6 is 11.8 Å². The number of rotatable bonds is 9. The number of benzene rings is 2. The predicted octanol–water partition coefficient (Wildman–Crippen LogP) is 3.97. The Morgan fingerprint density at radius 1 is 1.24 bits per heavy atom. The maximum Gasteiger partial charge on any atom is 0.235 e. The summed E-state index contributed by atoms with van der Waals surface area (Å²) in [5.74, 6) is -0.637. The minimum Gasteiger partial charge on any atom is -0.334 e. The number of hydrogen-bond donors (Lipinski definition) is 1. The minimum atomic E-state index is -0.424. The van der Waals surface area contributed by atoms with Gasteiger partial charge in [0.25, 0.3) is 0 Å². The van der Waals surface area contributed by atoms with Crippen LogP contribution in [0.25, 0.3) is 0 Å². The van der Waals surface area contributed by atoms with Gasteiger partial charge in [-0.25, -0.2) is 4.39 Å². The molecule has 1 unspecified atom stereocenters. The standard InChI is InChI=1S/C22H22FN3O2S/c1-3-12-26(14-18-6-4-17(13-24)5-7-18)22(28)16(2)29-15-21(27)25-20-10-8-19(23)9-11-20/h3-11,16H,1,12,14-15H2,2H3,(H,25,27). The molecule has 0 aromatic heterocycles. The molecule has 0 saturated carbocycles. The number of carbonyl (C=O) groups excluding carboxylic acids is 2. The van der Waals surface area contributed by atoms with Gasteiger partial charge in [-0.3, -0.25) is 9.59 Å². The molecule has 5 nitrogen and oxygen atoms in total. The van der Waals surface area contributed by atoms with E-state index in [1.165, 1.54) is 36.0 Å². The van der Waals surface area contributed by atoms with Gasteiger partial charge in [0, 0.05) is 18.8 Å². The van der Waals surface area contributed by atoms with Gasteiger partial charge in [0.15, 0.2) is 0 Å².